The highest BCUT2D eigenvalue weighted by molar-refractivity contribution is 5.78. The molecular weight excluding hydrogens is 363 g/mol. The minimum Gasteiger partial charge on any atom is -0.497 e. The van der Waals surface area contributed by atoms with Crippen molar-refractivity contribution in [2.24, 2.45) is 10.7 Å². The third-order valence-corrected chi connectivity index (χ3v) is 4.96. The molecule has 0 unspecified atom stereocenters. The fourth-order valence-corrected chi connectivity index (χ4v) is 3.63. The van der Waals surface area contributed by atoms with Crippen LogP contribution < -0.4 is 15.2 Å². The van der Waals surface area contributed by atoms with Crippen LogP contribution in [0.2, 0.25) is 0 Å². The number of nitrogens with two attached hydrogens (primary N) is 1. The fourth-order valence-electron chi connectivity index (χ4n) is 3.63. The molecule has 3 heterocycles. The number of halogens is 1. The molecule has 2 aliphatic rings. The van der Waals surface area contributed by atoms with Crippen molar-refractivity contribution >= 4 is 6.02 Å². The van der Waals surface area contributed by atoms with E-state index < -0.39 is 11.4 Å². The molecule has 140 valence electrons. The van der Waals surface area contributed by atoms with Gasteiger partial charge in [-0.25, -0.2) is 19.4 Å². The van der Waals surface area contributed by atoms with Gasteiger partial charge in [-0.3, -0.25) is 0 Å². The number of benzene rings is 2. The SMILES string of the molecule is COc1ccc2c(c1)[C@]1(COC(N)=N1)c1cc(-c3cncnc3)cc(F)c1O2. The molecule has 0 saturated heterocycles. The molecule has 1 aromatic heterocycles. The van der Waals surface area contributed by atoms with Gasteiger partial charge in [0.2, 0.25) is 0 Å². The number of aliphatic imine (C=N–C) groups is 1. The summed E-state index contributed by atoms with van der Waals surface area (Å²) < 4.78 is 31.8. The average Bonchev–Trinajstić information content (AvgIpc) is 3.11. The van der Waals surface area contributed by atoms with Gasteiger partial charge in [-0.05, 0) is 35.9 Å². The first kappa shape index (κ1) is 16.5. The predicted molar refractivity (Wildman–Crippen MR) is 98.8 cm³/mol. The second kappa shape index (κ2) is 5.91. The largest absolute Gasteiger partial charge is 0.497 e. The Bertz CT molecular complexity index is 1120. The Labute approximate surface area is 159 Å². The van der Waals surface area contributed by atoms with Crippen LogP contribution in [-0.4, -0.2) is 29.7 Å². The van der Waals surface area contributed by atoms with Gasteiger partial charge in [-0.15, -0.1) is 0 Å². The molecule has 2 N–H and O–H groups in total. The molecule has 3 aromatic rings. The summed E-state index contributed by atoms with van der Waals surface area (Å²) in [5.41, 5.74) is 7.31. The van der Waals surface area contributed by atoms with Crippen LogP contribution in [0.4, 0.5) is 4.39 Å². The minimum absolute atomic E-state index is 0.0375. The van der Waals surface area contributed by atoms with Crippen LogP contribution in [0.25, 0.3) is 11.1 Å². The Morgan fingerprint density at radius 1 is 1.11 bits per heavy atom. The highest BCUT2D eigenvalue weighted by Gasteiger charge is 2.48. The number of aromatic nitrogens is 2. The van der Waals surface area contributed by atoms with Crippen molar-refractivity contribution in [1.82, 2.24) is 9.97 Å². The van der Waals surface area contributed by atoms with E-state index in [0.717, 1.165) is 0 Å². The maximum absolute atomic E-state index is 15.1. The lowest BCUT2D eigenvalue weighted by molar-refractivity contribution is 0.261. The van der Waals surface area contributed by atoms with Gasteiger partial charge in [-0.1, -0.05) is 0 Å². The Hall–Kier alpha value is -3.68. The average molecular weight is 378 g/mol. The summed E-state index contributed by atoms with van der Waals surface area (Å²) in [4.78, 5) is 12.6. The van der Waals surface area contributed by atoms with Crippen LogP contribution >= 0.6 is 0 Å². The van der Waals surface area contributed by atoms with Gasteiger partial charge in [0.05, 0.1) is 7.11 Å². The van der Waals surface area contributed by atoms with E-state index in [1.807, 2.05) is 6.07 Å². The van der Waals surface area contributed by atoms with Crippen molar-refractivity contribution in [3.05, 3.63) is 66.0 Å². The molecule has 0 radical (unpaired) electrons. The molecule has 7 nitrogen and oxygen atoms in total. The predicted octanol–water partition coefficient (Wildman–Crippen LogP) is 2.99. The van der Waals surface area contributed by atoms with Crippen molar-refractivity contribution in [3.63, 3.8) is 0 Å². The lowest BCUT2D eigenvalue weighted by Crippen LogP contribution is -2.31. The summed E-state index contributed by atoms with van der Waals surface area (Å²) in [6.07, 6.45) is 4.65. The van der Waals surface area contributed by atoms with E-state index in [1.54, 1.807) is 37.7 Å². The smallest absolute Gasteiger partial charge is 0.283 e. The number of hydrogen-bond acceptors (Lipinski definition) is 7. The molecule has 1 spiro atoms. The quantitative estimate of drug-likeness (QED) is 0.737. The normalized spacial score (nSPS) is 19.3. The van der Waals surface area contributed by atoms with Crippen LogP contribution in [0.3, 0.4) is 0 Å². The van der Waals surface area contributed by atoms with Gasteiger partial charge in [0, 0.05) is 29.1 Å². The Balaban J connectivity index is 1.79. The van der Waals surface area contributed by atoms with Crippen LogP contribution in [0.15, 0.2) is 54.0 Å². The summed E-state index contributed by atoms with van der Waals surface area (Å²) >= 11 is 0. The third kappa shape index (κ3) is 2.31. The molecular formula is C20H15FN4O3. The van der Waals surface area contributed by atoms with E-state index in [1.165, 1.54) is 12.4 Å². The highest BCUT2D eigenvalue weighted by atomic mass is 19.1. The van der Waals surface area contributed by atoms with Crippen molar-refractivity contribution in [3.8, 4) is 28.4 Å². The Kier molecular flexibility index (Phi) is 3.48. The second-order valence-corrected chi connectivity index (χ2v) is 6.53. The van der Waals surface area contributed by atoms with Gasteiger partial charge in [0.25, 0.3) is 6.02 Å². The monoisotopic (exact) mass is 378 g/mol. The lowest BCUT2D eigenvalue weighted by atomic mass is 9.80. The molecule has 0 saturated carbocycles. The Morgan fingerprint density at radius 3 is 2.64 bits per heavy atom. The number of methoxy groups -OCH3 is 1. The van der Waals surface area contributed by atoms with E-state index in [-0.39, 0.29) is 18.4 Å². The van der Waals surface area contributed by atoms with Crippen LogP contribution in [0.5, 0.6) is 17.2 Å². The Morgan fingerprint density at radius 2 is 1.93 bits per heavy atom. The van der Waals surface area contributed by atoms with Gasteiger partial charge in [0.15, 0.2) is 17.1 Å². The van der Waals surface area contributed by atoms with E-state index in [2.05, 4.69) is 15.0 Å². The number of fused-ring (bicyclic) bond motifs is 4. The van der Waals surface area contributed by atoms with E-state index in [0.29, 0.717) is 33.8 Å². The van der Waals surface area contributed by atoms with E-state index >= 15 is 4.39 Å². The van der Waals surface area contributed by atoms with Crippen LogP contribution in [0.1, 0.15) is 11.1 Å². The summed E-state index contributed by atoms with van der Waals surface area (Å²) in [5.74, 6) is 0.683. The minimum atomic E-state index is -1.03. The molecule has 2 aromatic carbocycles. The fraction of sp³-hybridized carbons (Fsp3) is 0.150. The topological polar surface area (TPSA) is 91.9 Å². The number of amidine groups is 1. The van der Waals surface area contributed by atoms with Crippen molar-refractivity contribution in [2.45, 2.75) is 5.54 Å². The molecule has 0 bridgehead atoms. The first-order valence-corrected chi connectivity index (χ1v) is 8.54. The highest BCUT2D eigenvalue weighted by Crippen LogP contribution is 2.53. The maximum Gasteiger partial charge on any atom is 0.283 e. The van der Waals surface area contributed by atoms with Crippen LogP contribution in [0, 0.1) is 5.82 Å². The second-order valence-electron chi connectivity index (χ2n) is 6.53. The van der Waals surface area contributed by atoms with E-state index in [9.17, 15) is 0 Å². The first-order valence-electron chi connectivity index (χ1n) is 8.54. The number of ether oxygens (including phenoxy) is 3. The molecule has 8 heteroatoms. The first-order chi connectivity index (χ1) is 13.6. The molecule has 0 amide bonds. The molecule has 0 aliphatic carbocycles. The van der Waals surface area contributed by atoms with Crippen LogP contribution in [-0.2, 0) is 10.3 Å². The molecule has 5 rings (SSSR count). The molecule has 1 atom stereocenters. The molecule has 28 heavy (non-hydrogen) atoms. The zero-order chi connectivity index (χ0) is 19.3. The summed E-state index contributed by atoms with van der Waals surface area (Å²) in [5, 5.41) is 0. The summed E-state index contributed by atoms with van der Waals surface area (Å²) in [6, 6.07) is 8.51. The van der Waals surface area contributed by atoms with E-state index in [4.69, 9.17) is 19.9 Å². The van der Waals surface area contributed by atoms with Gasteiger partial charge >= 0.3 is 0 Å². The number of rotatable bonds is 2. The van der Waals surface area contributed by atoms with Crippen molar-refractivity contribution in [2.75, 3.05) is 13.7 Å². The zero-order valence-corrected chi connectivity index (χ0v) is 14.8. The third-order valence-electron chi connectivity index (χ3n) is 4.96. The van der Waals surface area contributed by atoms with Gasteiger partial charge in [0.1, 0.15) is 24.4 Å². The zero-order valence-electron chi connectivity index (χ0n) is 14.8. The number of nitrogens with zero attached hydrogens (tertiary/aromatic N) is 3. The van der Waals surface area contributed by atoms with Crippen molar-refractivity contribution in [1.29, 1.82) is 0 Å². The van der Waals surface area contributed by atoms with Gasteiger partial charge < -0.3 is 19.9 Å². The lowest BCUT2D eigenvalue weighted by Gasteiger charge is -2.34. The molecule has 2 aliphatic heterocycles. The number of hydrogen-bond donors (Lipinski definition) is 1. The summed E-state index contributed by atoms with van der Waals surface area (Å²) in [7, 11) is 1.57. The maximum atomic E-state index is 15.1. The standard InChI is InChI=1S/C20H15FN4O3/c1-26-13-2-3-17-14(6-13)20(9-27-19(22)25-20)15-4-11(5-16(21)18(15)28-17)12-7-23-10-24-8-12/h2-8,10H,9H2,1H3,(H2,22,25)/t20-/m1/s1. The molecule has 0 fully saturated rings. The summed E-state index contributed by atoms with van der Waals surface area (Å²) in [6.45, 7) is 0.129. The van der Waals surface area contributed by atoms with Crippen molar-refractivity contribution < 1.29 is 18.6 Å². The van der Waals surface area contributed by atoms with Gasteiger partial charge in [-0.2, -0.15) is 0 Å².